The van der Waals surface area contributed by atoms with E-state index in [-0.39, 0.29) is 6.61 Å². The van der Waals surface area contributed by atoms with Crippen molar-refractivity contribution in [1.82, 2.24) is 5.32 Å². The monoisotopic (exact) mass is 296 g/mol. The zero-order valence-electron chi connectivity index (χ0n) is 13.4. The molecule has 122 valence electrons. The van der Waals surface area contributed by atoms with E-state index in [1.807, 2.05) is 0 Å². The van der Waals surface area contributed by atoms with Crippen molar-refractivity contribution in [1.29, 1.82) is 0 Å². The molecule has 0 aromatic heterocycles. The minimum absolute atomic E-state index is 0.245. The van der Waals surface area contributed by atoms with E-state index < -0.39 is 0 Å². The molecule has 0 heterocycles. The normalized spacial score (nSPS) is 22.2. The second-order valence-corrected chi connectivity index (χ2v) is 6.48. The Balaban J connectivity index is 1.83. The maximum Gasteiger partial charge on any atom is 0.285 e. The Labute approximate surface area is 129 Å². The van der Waals surface area contributed by atoms with Crippen LogP contribution in [0.3, 0.4) is 0 Å². The highest BCUT2D eigenvalue weighted by Gasteiger charge is 2.18. The summed E-state index contributed by atoms with van der Waals surface area (Å²) in [6, 6.07) is 1.76. The molecule has 2 saturated carbocycles. The van der Waals surface area contributed by atoms with Gasteiger partial charge in [0.2, 0.25) is 0 Å². The smallest absolute Gasteiger partial charge is 0.285 e. The summed E-state index contributed by atoms with van der Waals surface area (Å²) in [7, 11) is 0. The number of rotatable bonds is 6. The number of amidine groups is 1. The SMILES string of the molecule is OCCCCOC(=NC1CCCCC1)NC1CCCCC1. The molecule has 0 radical (unpaired) electrons. The first kappa shape index (κ1) is 16.6. The number of aliphatic hydroxyl groups is 1. The maximum atomic E-state index is 8.85. The molecule has 2 rings (SSSR count). The molecule has 0 amide bonds. The summed E-state index contributed by atoms with van der Waals surface area (Å²) in [5.41, 5.74) is 0. The van der Waals surface area contributed by atoms with Gasteiger partial charge in [-0.25, -0.2) is 4.99 Å². The first-order valence-electron chi connectivity index (χ1n) is 8.96. The van der Waals surface area contributed by atoms with E-state index >= 15 is 0 Å². The Morgan fingerprint density at radius 3 is 2.29 bits per heavy atom. The lowest BCUT2D eigenvalue weighted by Crippen LogP contribution is -2.38. The van der Waals surface area contributed by atoms with Gasteiger partial charge in [-0.05, 0) is 38.5 Å². The quantitative estimate of drug-likeness (QED) is 0.449. The predicted molar refractivity (Wildman–Crippen MR) is 86.6 cm³/mol. The summed E-state index contributed by atoms with van der Waals surface area (Å²) in [4.78, 5) is 4.85. The van der Waals surface area contributed by atoms with Gasteiger partial charge in [0, 0.05) is 12.6 Å². The molecule has 2 aliphatic carbocycles. The predicted octanol–water partition coefficient (Wildman–Crippen LogP) is 3.39. The van der Waals surface area contributed by atoms with Crippen molar-refractivity contribution in [2.24, 2.45) is 4.99 Å². The number of nitrogens with one attached hydrogen (secondary N) is 1. The summed E-state index contributed by atoms with van der Waals surface area (Å²) < 4.78 is 5.88. The first-order valence-corrected chi connectivity index (χ1v) is 8.96. The second kappa shape index (κ2) is 10.0. The molecule has 2 fully saturated rings. The molecule has 4 nitrogen and oxygen atoms in total. The molecule has 0 bridgehead atoms. The van der Waals surface area contributed by atoms with Crippen LogP contribution in [0.15, 0.2) is 4.99 Å². The zero-order chi connectivity index (χ0) is 14.8. The van der Waals surface area contributed by atoms with E-state index in [4.69, 9.17) is 14.8 Å². The number of unbranched alkanes of at least 4 members (excludes halogenated alkanes) is 1. The van der Waals surface area contributed by atoms with E-state index in [1.54, 1.807) is 0 Å². The fraction of sp³-hybridized carbons (Fsp3) is 0.941. The van der Waals surface area contributed by atoms with Crippen molar-refractivity contribution in [3.63, 3.8) is 0 Å². The van der Waals surface area contributed by atoms with Gasteiger partial charge in [-0.15, -0.1) is 0 Å². The van der Waals surface area contributed by atoms with Crippen LogP contribution < -0.4 is 5.32 Å². The van der Waals surface area contributed by atoms with Crippen LogP contribution in [0.2, 0.25) is 0 Å². The molecule has 0 atom stereocenters. The fourth-order valence-electron chi connectivity index (χ4n) is 3.30. The summed E-state index contributed by atoms with van der Waals surface area (Å²) in [5, 5.41) is 12.4. The van der Waals surface area contributed by atoms with Gasteiger partial charge >= 0.3 is 0 Å². The lowest BCUT2D eigenvalue weighted by Gasteiger charge is -2.26. The van der Waals surface area contributed by atoms with Crippen LogP contribution in [-0.4, -0.2) is 36.4 Å². The third-order valence-corrected chi connectivity index (χ3v) is 4.60. The topological polar surface area (TPSA) is 53.9 Å². The van der Waals surface area contributed by atoms with Gasteiger partial charge < -0.3 is 15.2 Å². The van der Waals surface area contributed by atoms with Crippen LogP contribution in [0, 0.1) is 0 Å². The van der Waals surface area contributed by atoms with Crippen LogP contribution in [-0.2, 0) is 4.74 Å². The fourth-order valence-corrected chi connectivity index (χ4v) is 3.30. The lowest BCUT2D eigenvalue weighted by molar-refractivity contribution is 0.234. The number of ether oxygens (including phenoxy) is 1. The standard InChI is InChI=1S/C17H32N2O2/c20-13-7-8-14-21-17(18-15-9-3-1-4-10-15)19-16-11-5-2-6-12-16/h15-16,20H,1-14H2,(H,18,19). The Morgan fingerprint density at radius 1 is 0.952 bits per heavy atom. The van der Waals surface area contributed by atoms with Gasteiger partial charge in [0.15, 0.2) is 0 Å². The molecule has 2 aliphatic rings. The highest BCUT2D eigenvalue weighted by molar-refractivity contribution is 5.74. The highest BCUT2D eigenvalue weighted by Crippen LogP contribution is 2.21. The number of nitrogens with zero attached hydrogens (tertiary/aromatic N) is 1. The van der Waals surface area contributed by atoms with Crippen molar-refractivity contribution < 1.29 is 9.84 Å². The second-order valence-electron chi connectivity index (χ2n) is 6.48. The van der Waals surface area contributed by atoms with Crippen molar-refractivity contribution in [2.45, 2.75) is 89.1 Å². The van der Waals surface area contributed by atoms with Gasteiger partial charge in [0.25, 0.3) is 6.02 Å². The molecule has 0 spiro atoms. The van der Waals surface area contributed by atoms with Gasteiger partial charge in [0.05, 0.1) is 12.6 Å². The molecule has 0 aliphatic heterocycles. The third-order valence-electron chi connectivity index (χ3n) is 4.60. The van der Waals surface area contributed by atoms with Crippen molar-refractivity contribution in [3.8, 4) is 0 Å². The van der Waals surface area contributed by atoms with E-state index in [9.17, 15) is 0 Å². The number of hydrogen-bond acceptors (Lipinski definition) is 3. The summed E-state index contributed by atoms with van der Waals surface area (Å²) in [6.07, 6.45) is 14.5. The van der Waals surface area contributed by atoms with Gasteiger partial charge in [0.1, 0.15) is 0 Å². The highest BCUT2D eigenvalue weighted by atomic mass is 16.5. The average Bonchev–Trinajstić information content (AvgIpc) is 2.53. The molecular weight excluding hydrogens is 264 g/mol. The largest absolute Gasteiger partial charge is 0.465 e. The van der Waals surface area contributed by atoms with Gasteiger partial charge in [-0.1, -0.05) is 38.5 Å². The van der Waals surface area contributed by atoms with E-state index in [1.165, 1.54) is 64.2 Å². The minimum atomic E-state index is 0.245. The summed E-state index contributed by atoms with van der Waals surface area (Å²) >= 11 is 0. The lowest BCUT2D eigenvalue weighted by atomic mass is 9.95. The van der Waals surface area contributed by atoms with Crippen molar-refractivity contribution >= 4 is 6.02 Å². The Hall–Kier alpha value is -0.770. The van der Waals surface area contributed by atoms with Crippen LogP contribution in [0.25, 0.3) is 0 Å². The Kier molecular flexibility index (Phi) is 7.94. The first-order chi connectivity index (χ1) is 10.4. The zero-order valence-corrected chi connectivity index (χ0v) is 13.4. The number of aliphatic imine (C=N–C) groups is 1. The van der Waals surface area contributed by atoms with Crippen LogP contribution >= 0.6 is 0 Å². The van der Waals surface area contributed by atoms with Crippen LogP contribution in [0.5, 0.6) is 0 Å². The Bertz CT molecular complexity index is 295. The molecule has 0 unspecified atom stereocenters. The van der Waals surface area contributed by atoms with Gasteiger partial charge in [-0.2, -0.15) is 0 Å². The van der Waals surface area contributed by atoms with Crippen LogP contribution in [0.1, 0.15) is 77.0 Å². The van der Waals surface area contributed by atoms with E-state index in [0.717, 1.165) is 18.9 Å². The maximum absolute atomic E-state index is 8.85. The molecule has 0 aromatic rings. The van der Waals surface area contributed by atoms with Crippen molar-refractivity contribution in [2.75, 3.05) is 13.2 Å². The molecule has 0 aromatic carbocycles. The number of aliphatic hydroxyl groups excluding tert-OH is 1. The molecule has 4 heteroatoms. The van der Waals surface area contributed by atoms with Crippen LogP contribution in [0.4, 0.5) is 0 Å². The average molecular weight is 296 g/mol. The van der Waals surface area contributed by atoms with Crippen molar-refractivity contribution in [3.05, 3.63) is 0 Å². The third kappa shape index (κ3) is 6.68. The van der Waals surface area contributed by atoms with E-state index in [2.05, 4.69) is 5.32 Å². The molecule has 2 N–H and O–H groups in total. The Morgan fingerprint density at radius 2 is 1.62 bits per heavy atom. The molecular formula is C17H32N2O2. The summed E-state index contributed by atoms with van der Waals surface area (Å²) in [5.74, 6) is 0. The minimum Gasteiger partial charge on any atom is -0.465 e. The number of hydrogen-bond donors (Lipinski definition) is 2. The van der Waals surface area contributed by atoms with E-state index in [0.29, 0.717) is 18.7 Å². The molecule has 0 saturated heterocycles. The molecule has 21 heavy (non-hydrogen) atoms. The van der Waals surface area contributed by atoms with Gasteiger partial charge in [-0.3, -0.25) is 0 Å². The summed E-state index contributed by atoms with van der Waals surface area (Å²) in [6.45, 7) is 0.903.